The number of nitrogens with two attached hydrogens (primary N) is 1. The molecule has 1 saturated carbocycles. The largest absolute Gasteiger partial charge is 0.377 e. The molecule has 1 aliphatic carbocycles. The van der Waals surface area contributed by atoms with Crippen molar-refractivity contribution in [2.45, 2.75) is 37.3 Å². The second-order valence-electron chi connectivity index (χ2n) is 4.19. The van der Waals surface area contributed by atoms with Gasteiger partial charge in [0, 0.05) is 12.0 Å². The zero-order valence-electron chi connectivity index (χ0n) is 7.71. The molecular formula is C9H16N2O2. The Morgan fingerprint density at radius 1 is 1.54 bits per heavy atom. The first-order valence-electron chi connectivity index (χ1n) is 4.84. The van der Waals surface area contributed by atoms with E-state index in [0.29, 0.717) is 19.6 Å². The monoisotopic (exact) mass is 184 g/mol. The average molecular weight is 184 g/mol. The van der Waals surface area contributed by atoms with Gasteiger partial charge in [0.2, 0.25) is 5.91 Å². The fourth-order valence-corrected chi connectivity index (χ4v) is 1.73. The summed E-state index contributed by atoms with van der Waals surface area (Å²) >= 11 is 0. The van der Waals surface area contributed by atoms with E-state index < -0.39 is 0 Å². The van der Waals surface area contributed by atoms with Crippen molar-refractivity contribution in [2.75, 3.05) is 13.2 Å². The van der Waals surface area contributed by atoms with Gasteiger partial charge in [0.05, 0.1) is 19.3 Å². The highest BCUT2D eigenvalue weighted by molar-refractivity contribution is 5.77. The summed E-state index contributed by atoms with van der Waals surface area (Å²) in [6.45, 7) is 1.31. The van der Waals surface area contributed by atoms with Crippen LogP contribution in [0.5, 0.6) is 0 Å². The number of ether oxygens (including phenoxy) is 1. The van der Waals surface area contributed by atoms with Gasteiger partial charge in [0.1, 0.15) is 0 Å². The van der Waals surface area contributed by atoms with Gasteiger partial charge >= 0.3 is 0 Å². The lowest BCUT2D eigenvalue weighted by molar-refractivity contribution is -0.127. The molecule has 2 rings (SSSR count). The summed E-state index contributed by atoms with van der Waals surface area (Å²) < 4.78 is 4.96. The summed E-state index contributed by atoms with van der Waals surface area (Å²) in [5.41, 5.74) is 5.75. The Kier molecular flexibility index (Phi) is 2.26. The summed E-state index contributed by atoms with van der Waals surface area (Å²) in [4.78, 5) is 11.4. The highest BCUT2D eigenvalue weighted by Crippen LogP contribution is 2.31. The smallest absolute Gasteiger partial charge is 0.222 e. The quantitative estimate of drug-likeness (QED) is 0.637. The van der Waals surface area contributed by atoms with Gasteiger partial charge in [-0.3, -0.25) is 4.79 Å². The van der Waals surface area contributed by atoms with E-state index in [1.165, 1.54) is 0 Å². The third kappa shape index (κ3) is 2.00. The molecule has 74 valence electrons. The van der Waals surface area contributed by atoms with Gasteiger partial charge in [-0.2, -0.15) is 0 Å². The minimum atomic E-state index is -0.200. The number of rotatable bonds is 3. The Labute approximate surface area is 77.8 Å². The average Bonchev–Trinajstić information content (AvgIpc) is 1.94. The molecule has 1 aliphatic heterocycles. The molecule has 0 aromatic carbocycles. The molecule has 0 radical (unpaired) electrons. The molecule has 1 amide bonds. The Hall–Kier alpha value is -0.610. The Bertz CT molecular complexity index is 210. The molecule has 0 atom stereocenters. The lowest BCUT2D eigenvalue weighted by atomic mass is 9.75. The molecule has 0 unspecified atom stereocenters. The second kappa shape index (κ2) is 3.27. The first kappa shape index (κ1) is 8.97. The van der Waals surface area contributed by atoms with Crippen molar-refractivity contribution in [1.29, 1.82) is 0 Å². The minimum Gasteiger partial charge on any atom is -0.377 e. The number of hydrogen-bond donors (Lipinski definition) is 2. The van der Waals surface area contributed by atoms with Crippen LogP contribution in [0.25, 0.3) is 0 Å². The van der Waals surface area contributed by atoms with Crippen LogP contribution in [0.4, 0.5) is 0 Å². The van der Waals surface area contributed by atoms with Gasteiger partial charge < -0.3 is 15.8 Å². The first-order valence-corrected chi connectivity index (χ1v) is 4.84. The Morgan fingerprint density at radius 3 is 2.62 bits per heavy atom. The van der Waals surface area contributed by atoms with E-state index >= 15 is 0 Å². The number of carbonyl (C=O) groups is 1. The lowest BCUT2D eigenvalue weighted by Gasteiger charge is -2.38. The van der Waals surface area contributed by atoms with Crippen LogP contribution in [0.3, 0.4) is 0 Å². The molecule has 3 N–H and O–H groups in total. The molecule has 4 heteroatoms. The van der Waals surface area contributed by atoms with Gasteiger partial charge in [0.25, 0.3) is 0 Å². The summed E-state index contributed by atoms with van der Waals surface area (Å²) in [6, 6.07) is 0.233. The fraction of sp³-hybridized carbons (Fsp3) is 0.889. The van der Waals surface area contributed by atoms with E-state index in [-0.39, 0.29) is 17.5 Å². The molecule has 0 bridgehead atoms. The highest BCUT2D eigenvalue weighted by Gasteiger charge is 2.35. The van der Waals surface area contributed by atoms with Crippen molar-refractivity contribution in [3.63, 3.8) is 0 Å². The number of amides is 1. The second-order valence-corrected chi connectivity index (χ2v) is 4.19. The van der Waals surface area contributed by atoms with E-state index in [0.717, 1.165) is 19.3 Å². The van der Waals surface area contributed by atoms with Gasteiger partial charge in [-0.05, 0) is 19.3 Å². The van der Waals surface area contributed by atoms with Crippen LogP contribution >= 0.6 is 0 Å². The van der Waals surface area contributed by atoms with Crippen molar-refractivity contribution in [3.05, 3.63) is 0 Å². The predicted molar refractivity (Wildman–Crippen MR) is 48.1 cm³/mol. The van der Waals surface area contributed by atoms with Crippen molar-refractivity contribution >= 4 is 5.91 Å². The van der Waals surface area contributed by atoms with Crippen molar-refractivity contribution in [1.82, 2.24) is 5.32 Å². The molecule has 0 spiro atoms. The molecule has 4 nitrogen and oxygen atoms in total. The molecule has 0 aromatic heterocycles. The number of hydrogen-bond acceptors (Lipinski definition) is 3. The van der Waals surface area contributed by atoms with Crippen molar-refractivity contribution in [3.8, 4) is 0 Å². The van der Waals surface area contributed by atoms with Crippen LogP contribution in [0, 0.1) is 0 Å². The number of nitrogens with one attached hydrogen (secondary N) is 1. The molecular weight excluding hydrogens is 168 g/mol. The maximum Gasteiger partial charge on any atom is 0.222 e. The molecule has 0 aromatic rings. The highest BCUT2D eigenvalue weighted by atomic mass is 16.5. The Balaban J connectivity index is 1.71. The normalized spacial score (nSPS) is 25.9. The van der Waals surface area contributed by atoms with Crippen LogP contribution in [-0.4, -0.2) is 30.7 Å². The van der Waals surface area contributed by atoms with Crippen LogP contribution in [0.15, 0.2) is 0 Å². The summed E-state index contributed by atoms with van der Waals surface area (Å²) in [6.07, 6.45) is 3.61. The van der Waals surface area contributed by atoms with Gasteiger partial charge in [-0.15, -0.1) is 0 Å². The van der Waals surface area contributed by atoms with Crippen LogP contribution in [0.2, 0.25) is 0 Å². The summed E-state index contributed by atoms with van der Waals surface area (Å²) in [5, 5.41) is 2.90. The number of carbonyl (C=O) groups excluding carboxylic acids is 1. The van der Waals surface area contributed by atoms with Gasteiger partial charge in [-0.25, -0.2) is 0 Å². The molecule has 1 saturated heterocycles. The van der Waals surface area contributed by atoms with Crippen LogP contribution in [-0.2, 0) is 9.53 Å². The minimum absolute atomic E-state index is 0.0792. The van der Waals surface area contributed by atoms with Crippen LogP contribution < -0.4 is 11.1 Å². The van der Waals surface area contributed by atoms with Crippen molar-refractivity contribution < 1.29 is 9.53 Å². The summed E-state index contributed by atoms with van der Waals surface area (Å²) in [5.74, 6) is 0.0792. The zero-order chi connectivity index (χ0) is 9.31. The zero-order valence-corrected chi connectivity index (χ0v) is 7.71. The van der Waals surface area contributed by atoms with E-state index in [1.807, 2.05) is 0 Å². The Morgan fingerprint density at radius 2 is 2.23 bits per heavy atom. The molecule has 1 heterocycles. The van der Waals surface area contributed by atoms with Gasteiger partial charge in [0.15, 0.2) is 0 Å². The third-order valence-corrected chi connectivity index (χ3v) is 2.87. The molecule has 2 aliphatic rings. The topological polar surface area (TPSA) is 64.4 Å². The first-order chi connectivity index (χ1) is 6.18. The van der Waals surface area contributed by atoms with Crippen molar-refractivity contribution in [2.24, 2.45) is 5.73 Å². The fourth-order valence-electron chi connectivity index (χ4n) is 1.73. The third-order valence-electron chi connectivity index (χ3n) is 2.87. The lowest BCUT2D eigenvalue weighted by Crippen LogP contribution is -2.54. The van der Waals surface area contributed by atoms with E-state index in [4.69, 9.17) is 10.5 Å². The molecule has 13 heavy (non-hydrogen) atoms. The van der Waals surface area contributed by atoms with Gasteiger partial charge in [-0.1, -0.05) is 0 Å². The van der Waals surface area contributed by atoms with E-state index in [9.17, 15) is 4.79 Å². The maximum atomic E-state index is 11.4. The van der Waals surface area contributed by atoms with Crippen LogP contribution in [0.1, 0.15) is 25.7 Å². The SMILES string of the molecule is NC1(CC(=O)NC2COC2)CCC1. The van der Waals surface area contributed by atoms with E-state index in [2.05, 4.69) is 5.32 Å². The van der Waals surface area contributed by atoms with E-state index in [1.54, 1.807) is 0 Å². The molecule has 2 fully saturated rings. The maximum absolute atomic E-state index is 11.4. The predicted octanol–water partition coefficient (Wildman–Crippen LogP) is -0.227. The standard InChI is InChI=1S/C9H16N2O2/c10-9(2-1-3-9)4-8(12)11-7-5-13-6-7/h7H,1-6,10H2,(H,11,12). The summed E-state index contributed by atoms with van der Waals surface area (Å²) in [7, 11) is 0.